The Bertz CT molecular complexity index is 544. The molecule has 1 amide bonds. The molecule has 0 saturated carbocycles. The first kappa shape index (κ1) is 14.8. The molecule has 5 nitrogen and oxygen atoms in total. The number of halogens is 1. The third-order valence-electron chi connectivity index (χ3n) is 4.21. The first-order chi connectivity index (χ1) is 10.1. The molecule has 0 aromatic heterocycles. The van der Waals surface area contributed by atoms with Gasteiger partial charge >= 0.3 is 0 Å². The average molecular weight is 355 g/mol. The predicted molar refractivity (Wildman–Crippen MR) is 82.5 cm³/mol. The smallest absolute Gasteiger partial charge is 0.253 e. The lowest BCUT2D eigenvalue weighted by molar-refractivity contribution is -0.0205. The highest BCUT2D eigenvalue weighted by atomic mass is 79.9. The summed E-state index contributed by atoms with van der Waals surface area (Å²) in [6.07, 6.45) is 2.84. The number of benzene rings is 1. The molecule has 2 fully saturated rings. The summed E-state index contributed by atoms with van der Waals surface area (Å²) in [6.45, 7) is 2.52. The summed E-state index contributed by atoms with van der Waals surface area (Å²) >= 11 is 3.35. The van der Waals surface area contributed by atoms with Crippen molar-refractivity contribution in [2.75, 3.05) is 19.7 Å². The van der Waals surface area contributed by atoms with Crippen LogP contribution >= 0.6 is 15.9 Å². The first-order valence-corrected chi connectivity index (χ1v) is 7.99. The third kappa shape index (κ3) is 3.07. The topological polar surface area (TPSA) is 73.6 Å². The van der Waals surface area contributed by atoms with Gasteiger partial charge < -0.3 is 20.5 Å². The molecule has 2 aliphatic heterocycles. The van der Waals surface area contributed by atoms with Crippen molar-refractivity contribution in [1.29, 1.82) is 0 Å². The normalized spacial score (nSPS) is 24.1. The molecule has 6 heteroatoms. The summed E-state index contributed by atoms with van der Waals surface area (Å²) in [5.74, 6) is 0.0319. The van der Waals surface area contributed by atoms with E-state index >= 15 is 0 Å². The predicted octanol–water partition coefficient (Wildman–Crippen LogP) is 1.84. The number of piperidine rings is 1. The highest BCUT2D eigenvalue weighted by Crippen LogP contribution is 2.36. The van der Waals surface area contributed by atoms with Crippen molar-refractivity contribution in [3.8, 4) is 5.75 Å². The van der Waals surface area contributed by atoms with Crippen LogP contribution < -0.4 is 15.8 Å². The Kier molecular flexibility index (Phi) is 4.19. The zero-order chi connectivity index (χ0) is 14.9. The number of nitrogens with two attached hydrogens (primary N) is 1. The molecule has 114 valence electrons. The zero-order valence-corrected chi connectivity index (χ0v) is 13.3. The molecule has 3 N–H and O–H groups in total. The van der Waals surface area contributed by atoms with Gasteiger partial charge in [-0.25, -0.2) is 0 Å². The lowest BCUT2D eigenvalue weighted by Crippen LogP contribution is -2.41. The summed E-state index contributed by atoms with van der Waals surface area (Å²) in [4.78, 5) is 11.6. The van der Waals surface area contributed by atoms with Crippen LogP contribution in [0, 0.1) is 0 Å². The van der Waals surface area contributed by atoms with E-state index in [9.17, 15) is 4.79 Å². The number of carbonyl (C=O) groups excluding carboxylic acids is 1. The van der Waals surface area contributed by atoms with Crippen LogP contribution in [0.4, 0.5) is 0 Å². The maximum Gasteiger partial charge on any atom is 0.253 e. The second-order valence-corrected chi connectivity index (χ2v) is 6.52. The van der Waals surface area contributed by atoms with Crippen molar-refractivity contribution in [3.63, 3.8) is 0 Å². The summed E-state index contributed by atoms with van der Waals surface area (Å²) in [5, 5.41) is 3.34. The standard InChI is InChI=1S/C15H19BrN2O3/c16-11-2-1-3-12(13(11)14(17)19)21-10-8-15(20-9-10)4-6-18-7-5-15/h1-3,10,18H,4-9H2,(H2,17,19). The molecule has 1 atom stereocenters. The van der Waals surface area contributed by atoms with Gasteiger partial charge in [0, 0.05) is 10.9 Å². The van der Waals surface area contributed by atoms with Gasteiger partial charge in [0.05, 0.1) is 17.8 Å². The molecular weight excluding hydrogens is 336 g/mol. The van der Waals surface area contributed by atoms with Gasteiger partial charge in [-0.15, -0.1) is 0 Å². The average Bonchev–Trinajstić information content (AvgIpc) is 2.82. The number of amides is 1. The first-order valence-electron chi connectivity index (χ1n) is 7.19. The van der Waals surface area contributed by atoms with E-state index in [1.807, 2.05) is 6.07 Å². The van der Waals surface area contributed by atoms with Crippen LogP contribution in [0.1, 0.15) is 29.6 Å². The van der Waals surface area contributed by atoms with E-state index in [4.69, 9.17) is 15.2 Å². The van der Waals surface area contributed by atoms with E-state index in [1.165, 1.54) is 0 Å². The monoisotopic (exact) mass is 354 g/mol. The molecule has 0 radical (unpaired) electrons. The van der Waals surface area contributed by atoms with Crippen molar-refractivity contribution in [1.82, 2.24) is 5.32 Å². The van der Waals surface area contributed by atoms with Gasteiger partial charge in [-0.05, 0) is 54.0 Å². The fourth-order valence-electron chi connectivity index (χ4n) is 3.13. The number of primary amides is 1. The second kappa shape index (κ2) is 5.94. The minimum absolute atomic E-state index is 0.0319. The molecule has 1 aromatic rings. The molecule has 0 bridgehead atoms. The van der Waals surface area contributed by atoms with Crippen molar-refractivity contribution < 1.29 is 14.3 Å². The van der Waals surface area contributed by atoms with E-state index in [-0.39, 0.29) is 11.7 Å². The van der Waals surface area contributed by atoms with E-state index in [0.717, 1.165) is 32.4 Å². The fourth-order valence-corrected chi connectivity index (χ4v) is 3.67. The number of hydrogen-bond donors (Lipinski definition) is 2. The minimum Gasteiger partial charge on any atom is -0.487 e. The molecule has 1 unspecified atom stereocenters. The molecule has 21 heavy (non-hydrogen) atoms. The Hall–Kier alpha value is -1.11. The maximum atomic E-state index is 11.6. The lowest BCUT2D eigenvalue weighted by atomic mass is 9.89. The Morgan fingerprint density at radius 3 is 2.90 bits per heavy atom. The van der Waals surface area contributed by atoms with E-state index in [0.29, 0.717) is 22.4 Å². The highest BCUT2D eigenvalue weighted by Gasteiger charge is 2.42. The molecule has 3 rings (SSSR count). The SMILES string of the molecule is NC(=O)c1c(Br)cccc1OC1COC2(CCNCC2)C1. The number of nitrogens with one attached hydrogen (secondary N) is 1. The van der Waals surface area contributed by atoms with Crippen LogP contribution in [0.15, 0.2) is 22.7 Å². The molecule has 2 saturated heterocycles. The molecule has 2 heterocycles. The highest BCUT2D eigenvalue weighted by molar-refractivity contribution is 9.10. The van der Waals surface area contributed by atoms with E-state index in [2.05, 4.69) is 21.2 Å². The van der Waals surface area contributed by atoms with Crippen LogP contribution in [0.3, 0.4) is 0 Å². The van der Waals surface area contributed by atoms with Crippen LogP contribution in [0.5, 0.6) is 5.75 Å². The molecule has 2 aliphatic rings. The summed E-state index contributed by atoms with van der Waals surface area (Å²) in [5.41, 5.74) is 5.77. The van der Waals surface area contributed by atoms with Crippen molar-refractivity contribution in [2.24, 2.45) is 5.73 Å². The van der Waals surface area contributed by atoms with Gasteiger partial charge in [0.25, 0.3) is 5.91 Å². The number of hydrogen-bond acceptors (Lipinski definition) is 4. The summed E-state index contributed by atoms with van der Waals surface area (Å²) < 4.78 is 12.7. The fraction of sp³-hybridized carbons (Fsp3) is 0.533. The Morgan fingerprint density at radius 1 is 1.43 bits per heavy atom. The van der Waals surface area contributed by atoms with Gasteiger partial charge in [0.1, 0.15) is 11.9 Å². The minimum atomic E-state index is -0.493. The number of rotatable bonds is 3. The maximum absolute atomic E-state index is 11.6. The summed E-state index contributed by atoms with van der Waals surface area (Å²) in [7, 11) is 0. The zero-order valence-electron chi connectivity index (χ0n) is 11.7. The Morgan fingerprint density at radius 2 is 2.19 bits per heavy atom. The van der Waals surface area contributed by atoms with E-state index in [1.54, 1.807) is 12.1 Å². The largest absolute Gasteiger partial charge is 0.487 e. The number of carbonyl (C=O) groups is 1. The quantitative estimate of drug-likeness (QED) is 0.868. The third-order valence-corrected chi connectivity index (χ3v) is 4.87. The Balaban J connectivity index is 1.73. The molecule has 1 spiro atoms. The van der Waals surface area contributed by atoms with Crippen LogP contribution in [-0.2, 0) is 4.74 Å². The Labute approximate surface area is 132 Å². The van der Waals surface area contributed by atoms with Crippen LogP contribution in [-0.4, -0.2) is 37.3 Å². The molecular formula is C15H19BrN2O3. The van der Waals surface area contributed by atoms with Gasteiger partial charge in [0.2, 0.25) is 0 Å². The van der Waals surface area contributed by atoms with Gasteiger partial charge in [0.15, 0.2) is 0 Å². The van der Waals surface area contributed by atoms with Gasteiger partial charge in [-0.2, -0.15) is 0 Å². The number of ether oxygens (including phenoxy) is 2. The van der Waals surface area contributed by atoms with Crippen molar-refractivity contribution in [2.45, 2.75) is 31.0 Å². The van der Waals surface area contributed by atoms with Crippen molar-refractivity contribution >= 4 is 21.8 Å². The van der Waals surface area contributed by atoms with Crippen LogP contribution in [0.2, 0.25) is 0 Å². The van der Waals surface area contributed by atoms with Crippen molar-refractivity contribution in [3.05, 3.63) is 28.2 Å². The van der Waals surface area contributed by atoms with E-state index < -0.39 is 5.91 Å². The van der Waals surface area contributed by atoms with Gasteiger partial charge in [-0.1, -0.05) is 6.07 Å². The van der Waals surface area contributed by atoms with Crippen LogP contribution in [0.25, 0.3) is 0 Å². The molecule has 1 aromatic carbocycles. The second-order valence-electron chi connectivity index (χ2n) is 5.67. The lowest BCUT2D eigenvalue weighted by Gasteiger charge is -2.32. The summed E-state index contributed by atoms with van der Waals surface area (Å²) in [6, 6.07) is 5.40. The van der Waals surface area contributed by atoms with Gasteiger partial charge in [-0.3, -0.25) is 4.79 Å². The molecule has 0 aliphatic carbocycles.